The summed E-state index contributed by atoms with van der Waals surface area (Å²) in [6.45, 7) is 8.35. The molecule has 3 nitrogen and oxygen atoms in total. The molecule has 0 bridgehead atoms. The third kappa shape index (κ3) is 6.46. The van der Waals surface area contributed by atoms with E-state index in [1.165, 1.54) is 12.8 Å². The Morgan fingerprint density at radius 1 is 1.25 bits per heavy atom. The molecular formula is C13H30N2O. The number of ether oxygens (including phenoxy) is 1. The smallest absolute Gasteiger partial charge is 0.0615 e. The van der Waals surface area contributed by atoms with Gasteiger partial charge in [-0.1, -0.05) is 26.7 Å². The quantitative estimate of drug-likeness (QED) is 0.604. The maximum absolute atomic E-state index is 5.55. The predicted octanol–water partition coefficient (Wildman–Crippen LogP) is 2.15. The van der Waals surface area contributed by atoms with Crippen LogP contribution in [0.25, 0.3) is 0 Å². The van der Waals surface area contributed by atoms with Gasteiger partial charge in [0.05, 0.1) is 6.61 Å². The molecule has 0 aromatic heterocycles. The van der Waals surface area contributed by atoms with Gasteiger partial charge in [-0.05, 0) is 32.2 Å². The number of methoxy groups -OCH3 is 1. The van der Waals surface area contributed by atoms with E-state index < -0.39 is 0 Å². The van der Waals surface area contributed by atoms with Gasteiger partial charge >= 0.3 is 0 Å². The zero-order valence-corrected chi connectivity index (χ0v) is 11.5. The fourth-order valence-electron chi connectivity index (χ4n) is 2.28. The maximum Gasteiger partial charge on any atom is 0.0615 e. The number of rotatable bonds is 10. The van der Waals surface area contributed by atoms with Crippen LogP contribution in [0.1, 0.15) is 46.5 Å². The molecule has 0 aliphatic carbocycles. The Kier molecular flexibility index (Phi) is 9.99. The summed E-state index contributed by atoms with van der Waals surface area (Å²) in [6.07, 6.45) is 4.65. The Hall–Kier alpha value is -0.120. The molecule has 0 aromatic carbocycles. The van der Waals surface area contributed by atoms with Gasteiger partial charge in [0.2, 0.25) is 0 Å². The van der Waals surface area contributed by atoms with Gasteiger partial charge in [-0.2, -0.15) is 0 Å². The highest BCUT2D eigenvalue weighted by Crippen LogP contribution is 2.14. The van der Waals surface area contributed by atoms with Crippen LogP contribution in [0.5, 0.6) is 0 Å². The van der Waals surface area contributed by atoms with E-state index in [2.05, 4.69) is 26.1 Å². The summed E-state index contributed by atoms with van der Waals surface area (Å²) < 4.78 is 5.25. The van der Waals surface area contributed by atoms with E-state index in [-0.39, 0.29) is 0 Å². The van der Waals surface area contributed by atoms with Crippen LogP contribution in [0.2, 0.25) is 0 Å². The summed E-state index contributed by atoms with van der Waals surface area (Å²) in [4.78, 5) is 0. The number of nitrogens with two attached hydrogens (primary N) is 1. The number of nitrogens with one attached hydrogen (secondary N) is 1. The van der Waals surface area contributed by atoms with Crippen molar-refractivity contribution in [3.8, 4) is 0 Å². The first-order chi connectivity index (χ1) is 7.69. The first-order valence-corrected chi connectivity index (χ1v) is 6.64. The summed E-state index contributed by atoms with van der Waals surface area (Å²) in [5.41, 5.74) is 5.55. The Morgan fingerprint density at radius 2 is 1.88 bits per heavy atom. The van der Waals surface area contributed by atoms with Crippen LogP contribution < -0.4 is 11.1 Å². The molecule has 0 aliphatic heterocycles. The zero-order chi connectivity index (χ0) is 12.4. The van der Waals surface area contributed by atoms with Gasteiger partial charge in [0.1, 0.15) is 0 Å². The van der Waals surface area contributed by atoms with E-state index in [1.54, 1.807) is 7.11 Å². The van der Waals surface area contributed by atoms with Gasteiger partial charge < -0.3 is 15.8 Å². The summed E-state index contributed by atoms with van der Waals surface area (Å²) >= 11 is 0. The third-order valence-corrected chi connectivity index (χ3v) is 3.38. The van der Waals surface area contributed by atoms with Crippen molar-refractivity contribution >= 4 is 0 Å². The molecule has 0 rings (SSSR count). The monoisotopic (exact) mass is 230 g/mol. The normalized spacial score (nSPS) is 15.4. The molecule has 0 spiro atoms. The van der Waals surface area contributed by atoms with Crippen molar-refractivity contribution in [1.29, 1.82) is 0 Å². The van der Waals surface area contributed by atoms with Crippen molar-refractivity contribution < 1.29 is 4.74 Å². The molecule has 2 unspecified atom stereocenters. The summed E-state index contributed by atoms with van der Waals surface area (Å²) in [5.74, 6) is 0.761. The highest BCUT2D eigenvalue weighted by atomic mass is 16.5. The Labute approximate surface area is 101 Å². The van der Waals surface area contributed by atoms with E-state index in [9.17, 15) is 0 Å². The van der Waals surface area contributed by atoms with Gasteiger partial charge in [-0.3, -0.25) is 0 Å². The van der Waals surface area contributed by atoms with Gasteiger partial charge in [0.25, 0.3) is 0 Å². The molecule has 2 atom stereocenters. The molecule has 0 saturated carbocycles. The molecule has 0 amide bonds. The topological polar surface area (TPSA) is 47.3 Å². The molecule has 3 N–H and O–H groups in total. The fraction of sp³-hybridized carbons (Fsp3) is 1.00. The highest BCUT2D eigenvalue weighted by molar-refractivity contribution is 4.76. The van der Waals surface area contributed by atoms with Crippen molar-refractivity contribution in [1.82, 2.24) is 5.32 Å². The average Bonchev–Trinajstić information content (AvgIpc) is 2.28. The minimum atomic E-state index is 0.448. The summed E-state index contributed by atoms with van der Waals surface area (Å²) in [5, 5.41) is 3.67. The molecule has 16 heavy (non-hydrogen) atoms. The SMILES string of the molecule is CCC(CC)C(C)NC(CCCN)COC. The molecule has 0 radical (unpaired) electrons. The van der Waals surface area contributed by atoms with Crippen molar-refractivity contribution in [2.24, 2.45) is 11.7 Å². The van der Waals surface area contributed by atoms with Crippen LogP contribution >= 0.6 is 0 Å². The van der Waals surface area contributed by atoms with Crippen LogP contribution in [-0.4, -0.2) is 32.3 Å². The van der Waals surface area contributed by atoms with Gasteiger partial charge in [-0.15, -0.1) is 0 Å². The van der Waals surface area contributed by atoms with E-state index >= 15 is 0 Å². The van der Waals surface area contributed by atoms with Crippen LogP contribution in [0.3, 0.4) is 0 Å². The molecule has 0 saturated heterocycles. The van der Waals surface area contributed by atoms with Crippen LogP contribution in [0, 0.1) is 5.92 Å². The van der Waals surface area contributed by atoms with Crippen LogP contribution in [0.4, 0.5) is 0 Å². The summed E-state index contributed by atoms with van der Waals surface area (Å²) in [6, 6.07) is 1.01. The van der Waals surface area contributed by atoms with Crippen molar-refractivity contribution in [3.05, 3.63) is 0 Å². The fourth-order valence-corrected chi connectivity index (χ4v) is 2.28. The second-order valence-electron chi connectivity index (χ2n) is 4.62. The predicted molar refractivity (Wildman–Crippen MR) is 70.6 cm³/mol. The van der Waals surface area contributed by atoms with Crippen molar-refractivity contribution in [2.75, 3.05) is 20.3 Å². The van der Waals surface area contributed by atoms with Gasteiger partial charge in [-0.25, -0.2) is 0 Å². The number of hydrogen-bond donors (Lipinski definition) is 2. The molecule has 0 heterocycles. The van der Waals surface area contributed by atoms with Crippen molar-refractivity contribution in [2.45, 2.75) is 58.5 Å². The van der Waals surface area contributed by atoms with Crippen molar-refractivity contribution in [3.63, 3.8) is 0 Å². The summed E-state index contributed by atoms with van der Waals surface area (Å²) in [7, 11) is 1.76. The van der Waals surface area contributed by atoms with Gasteiger partial charge in [0, 0.05) is 19.2 Å². The van der Waals surface area contributed by atoms with E-state index in [0.717, 1.165) is 31.9 Å². The molecular weight excluding hydrogens is 200 g/mol. The van der Waals surface area contributed by atoms with Crippen LogP contribution in [-0.2, 0) is 4.74 Å². The van der Waals surface area contributed by atoms with E-state index in [1.807, 2.05) is 0 Å². The Balaban J connectivity index is 4.04. The van der Waals surface area contributed by atoms with E-state index in [4.69, 9.17) is 10.5 Å². The highest BCUT2D eigenvalue weighted by Gasteiger charge is 2.17. The van der Waals surface area contributed by atoms with Crippen LogP contribution in [0.15, 0.2) is 0 Å². The lowest BCUT2D eigenvalue weighted by molar-refractivity contribution is 0.149. The average molecular weight is 230 g/mol. The molecule has 0 fully saturated rings. The lowest BCUT2D eigenvalue weighted by Gasteiger charge is -2.28. The number of hydrogen-bond acceptors (Lipinski definition) is 3. The maximum atomic E-state index is 5.55. The Morgan fingerprint density at radius 3 is 2.31 bits per heavy atom. The minimum absolute atomic E-state index is 0.448. The largest absolute Gasteiger partial charge is 0.383 e. The Bertz CT molecular complexity index is 149. The second-order valence-corrected chi connectivity index (χ2v) is 4.62. The third-order valence-electron chi connectivity index (χ3n) is 3.38. The zero-order valence-electron chi connectivity index (χ0n) is 11.5. The molecule has 98 valence electrons. The lowest BCUT2D eigenvalue weighted by atomic mass is 9.94. The molecule has 0 aliphatic rings. The first kappa shape index (κ1) is 15.9. The van der Waals surface area contributed by atoms with Gasteiger partial charge in [0.15, 0.2) is 0 Å². The standard InChI is InChI=1S/C13H30N2O/c1-5-12(6-2)11(3)15-13(10-16-4)8-7-9-14/h11-13,15H,5-10,14H2,1-4H3. The lowest BCUT2D eigenvalue weighted by Crippen LogP contribution is -2.43. The van der Waals surface area contributed by atoms with E-state index in [0.29, 0.717) is 12.1 Å². The first-order valence-electron chi connectivity index (χ1n) is 6.64. The molecule has 3 heteroatoms. The molecule has 0 aromatic rings. The minimum Gasteiger partial charge on any atom is -0.383 e. The second kappa shape index (κ2) is 10.1.